The van der Waals surface area contributed by atoms with Crippen molar-refractivity contribution >= 4 is 66.3 Å². The molecule has 0 aromatic rings. The Morgan fingerprint density at radius 2 is 1.68 bits per heavy atom. The van der Waals surface area contributed by atoms with Gasteiger partial charge in [-0.1, -0.05) is 65.2 Å². The van der Waals surface area contributed by atoms with E-state index in [1.54, 1.807) is 21.0 Å². The maximum Gasteiger partial charge on any atom is 0.410 e. The second-order valence-corrected chi connectivity index (χ2v) is 19.6. The molecule has 14 heteroatoms. The van der Waals surface area contributed by atoms with Gasteiger partial charge < -0.3 is 18.8 Å². The van der Waals surface area contributed by atoms with Crippen LogP contribution in [-0.4, -0.2) is 114 Å². The first-order valence-electron chi connectivity index (χ1n) is 14.6. The Labute approximate surface area is 271 Å². The van der Waals surface area contributed by atoms with E-state index in [0.29, 0.717) is 10.6 Å². The van der Waals surface area contributed by atoms with E-state index in [9.17, 15) is 24.0 Å². The van der Waals surface area contributed by atoms with Crippen LogP contribution in [0.1, 0.15) is 41.0 Å². The van der Waals surface area contributed by atoms with Gasteiger partial charge in [0.15, 0.2) is 8.32 Å². The summed E-state index contributed by atoms with van der Waals surface area (Å²) < 4.78 is 17.2. The van der Waals surface area contributed by atoms with Crippen molar-refractivity contribution in [2.75, 3.05) is 33.9 Å². The number of β-lactam (4-membered cyclic amide) rings is 1. The average molecular weight is 670 g/mol. The number of esters is 1. The van der Waals surface area contributed by atoms with Crippen LogP contribution in [0.4, 0.5) is 4.79 Å². The third-order valence-electron chi connectivity index (χ3n) is 8.42. The number of amides is 4. The lowest BCUT2D eigenvalue weighted by atomic mass is 9.77. The second kappa shape index (κ2) is 15.2. The Hall–Kier alpha value is -2.55. The molecule has 6 atom stereocenters. The number of hydrogen-bond acceptors (Lipinski definition) is 10. The topological polar surface area (TPSA) is 123 Å². The molecule has 44 heavy (non-hydrogen) atoms. The standard InChI is InChI=1S/C30H47N3O8S2Si/c1-12-14-39-27(37)26(36)33-23(22(25(33)35)19(4)41-44(10,11)30(5,6)7)18(3)28(42)43-20-16-21(24(34)31(8)9)32(17-20)29(38)40-15-13-2/h12-13,18-23H,1-2,14-17H2,3-11H3/t18-,19-,20+,21+,22-,23-/m1/s1. The molecule has 2 aliphatic heterocycles. The summed E-state index contributed by atoms with van der Waals surface area (Å²) in [4.78, 5) is 68.6. The van der Waals surface area contributed by atoms with Crippen LogP contribution in [0, 0.1) is 11.8 Å². The number of thioether (sulfide) groups is 1. The van der Waals surface area contributed by atoms with E-state index < -0.39 is 62.2 Å². The molecule has 2 rings (SSSR count). The van der Waals surface area contributed by atoms with Crippen molar-refractivity contribution in [3.05, 3.63) is 25.3 Å². The van der Waals surface area contributed by atoms with Gasteiger partial charge >= 0.3 is 18.0 Å². The first-order chi connectivity index (χ1) is 20.3. The Morgan fingerprint density at radius 1 is 1.11 bits per heavy atom. The minimum Gasteiger partial charge on any atom is -0.454 e. The minimum atomic E-state index is -2.30. The van der Waals surface area contributed by atoms with E-state index in [4.69, 9.17) is 26.1 Å². The molecule has 246 valence electrons. The van der Waals surface area contributed by atoms with Gasteiger partial charge in [0.25, 0.3) is 0 Å². The number of carbonyl (C=O) groups is 5. The van der Waals surface area contributed by atoms with Gasteiger partial charge in [-0.15, -0.1) is 11.8 Å². The van der Waals surface area contributed by atoms with Crippen LogP contribution in [0.5, 0.6) is 0 Å². The summed E-state index contributed by atoms with van der Waals surface area (Å²) in [5, 5.41) is -0.363. The summed E-state index contributed by atoms with van der Waals surface area (Å²) in [5.74, 6) is -4.21. The SMILES string of the molecule is C=CCOC(=O)C(=O)N1C(=O)[C@H]([C@@H](C)O[Si](C)(C)C(C)(C)C)[C@H]1[C@@H](C)C(=S)S[C@H]1C[C@@H](C(=O)N(C)C)N(C(=O)OCC=C)C1. The molecule has 0 N–H and O–H groups in total. The Balaban J connectivity index is 2.33. The normalized spacial score (nSPS) is 23.2. The quantitative estimate of drug-likeness (QED) is 0.0796. The number of thiocarbonyl (C=S) groups is 1. The summed E-state index contributed by atoms with van der Waals surface area (Å²) in [7, 11) is 0.944. The predicted molar refractivity (Wildman–Crippen MR) is 177 cm³/mol. The van der Waals surface area contributed by atoms with Crippen LogP contribution in [0.25, 0.3) is 0 Å². The number of rotatable bonds is 11. The van der Waals surface area contributed by atoms with Gasteiger partial charge in [-0.05, 0) is 31.5 Å². The van der Waals surface area contributed by atoms with E-state index in [1.807, 2.05) is 6.92 Å². The van der Waals surface area contributed by atoms with Crippen molar-refractivity contribution in [3.63, 3.8) is 0 Å². The van der Waals surface area contributed by atoms with Crippen LogP contribution in [0.3, 0.4) is 0 Å². The van der Waals surface area contributed by atoms with E-state index >= 15 is 0 Å². The average Bonchev–Trinajstić information content (AvgIpc) is 3.34. The number of likely N-dealkylation sites (tertiary alicyclic amines) is 2. The zero-order valence-corrected chi connectivity index (χ0v) is 29.9. The summed E-state index contributed by atoms with van der Waals surface area (Å²) in [6, 6.07) is -1.48. The van der Waals surface area contributed by atoms with Gasteiger partial charge in [0.05, 0.1) is 22.3 Å². The third kappa shape index (κ3) is 8.37. The molecule has 0 radical (unpaired) electrons. The third-order valence-corrected chi connectivity index (χ3v) is 14.9. The smallest absolute Gasteiger partial charge is 0.410 e. The largest absolute Gasteiger partial charge is 0.454 e. The second-order valence-electron chi connectivity index (χ2n) is 12.8. The highest BCUT2D eigenvalue weighted by Crippen LogP contribution is 2.43. The Morgan fingerprint density at radius 3 is 2.20 bits per heavy atom. The molecule has 0 saturated carbocycles. The molecule has 11 nitrogen and oxygen atoms in total. The van der Waals surface area contributed by atoms with E-state index in [2.05, 4.69) is 47.0 Å². The molecule has 0 aliphatic carbocycles. The first-order valence-corrected chi connectivity index (χ1v) is 18.8. The van der Waals surface area contributed by atoms with Crippen LogP contribution in [0.15, 0.2) is 25.3 Å². The summed E-state index contributed by atoms with van der Waals surface area (Å²) in [6.07, 6.45) is 1.96. The number of carbonyl (C=O) groups excluding carboxylic acids is 5. The van der Waals surface area contributed by atoms with E-state index in [0.717, 1.165) is 4.90 Å². The minimum absolute atomic E-state index is 0.0107. The van der Waals surface area contributed by atoms with Crippen LogP contribution in [-0.2, 0) is 33.1 Å². The number of likely N-dealkylation sites (N-methyl/N-ethyl adjacent to an activating group) is 1. The number of ether oxygens (including phenoxy) is 2. The Bertz CT molecular complexity index is 1170. The molecule has 0 unspecified atom stereocenters. The van der Waals surface area contributed by atoms with E-state index in [-0.39, 0.29) is 36.0 Å². The van der Waals surface area contributed by atoms with Crippen molar-refractivity contribution < 1.29 is 37.9 Å². The molecular weight excluding hydrogens is 623 g/mol. The zero-order valence-electron chi connectivity index (χ0n) is 27.3. The van der Waals surface area contributed by atoms with Crippen molar-refractivity contribution in [2.24, 2.45) is 11.8 Å². The molecule has 2 aliphatic rings. The fourth-order valence-corrected chi connectivity index (χ4v) is 8.20. The van der Waals surface area contributed by atoms with Crippen molar-refractivity contribution in [2.45, 2.75) is 82.6 Å². The van der Waals surface area contributed by atoms with Crippen LogP contribution < -0.4 is 0 Å². The number of hydrogen-bond donors (Lipinski definition) is 0. The van der Waals surface area contributed by atoms with Gasteiger partial charge in [0, 0.05) is 31.8 Å². The highest BCUT2D eigenvalue weighted by molar-refractivity contribution is 8.23. The lowest BCUT2D eigenvalue weighted by Crippen LogP contribution is -2.70. The maximum absolute atomic E-state index is 13.5. The molecule has 0 aromatic heterocycles. The number of imide groups is 1. The van der Waals surface area contributed by atoms with Crippen molar-refractivity contribution in [3.8, 4) is 0 Å². The van der Waals surface area contributed by atoms with Gasteiger partial charge in [-0.25, -0.2) is 9.59 Å². The number of nitrogens with zero attached hydrogens (tertiary/aromatic N) is 3. The van der Waals surface area contributed by atoms with Gasteiger partial charge in [-0.3, -0.25) is 24.2 Å². The monoisotopic (exact) mass is 669 g/mol. The van der Waals surface area contributed by atoms with Crippen molar-refractivity contribution in [1.29, 1.82) is 0 Å². The molecule has 2 saturated heterocycles. The molecule has 0 aromatic carbocycles. The fraction of sp³-hybridized carbons (Fsp3) is 0.667. The zero-order chi connectivity index (χ0) is 33.7. The molecule has 2 fully saturated rings. The fourth-order valence-electron chi connectivity index (χ4n) is 5.03. The van der Waals surface area contributed by atoms with Crippen LogP contribution in [0.2, 0.25) is 18.1 Å². The summed E-state index contributed by atoms with van der Waals surface area (Å²) in [5.41, 5.74) is 0. The first kappa shape index (κ1) is 37.6. The Kier molecular flexibility index (Phi) is 13.0. The lowest BCUT2D eigenvalue weighted by molar-refractivity contribution is -0.180. The highest BCUT2D eigenvalue weighted by atomic mass is 32.2. The van der Waals surface area contributed by atoms with Gasteiger partial charge in [0.2, 0.25) is 11.8 Å². The summed E-state index contributed by atoms with van der Waals surface area (Å²) in [6.45, 7) is 21.2. The molecule has 4 amide bonds. The molecule has 0 spiro atoms. The molecule has 2 heterocycles. The predicted octanol–water partition coefficient (Wildman–Crippen LogP) is 4.03. The molecule has 0 bridgehead atoms. The van der Waals surface area contributed by atoms with E-state index in [1.165, 1.54) is 33.7 Å². The highest BCUT2D eigenvalue weighted by Gasteiger charge is 2.58. The lowest BCUT2D eigenvalue weighted by Gasteiger charge is -2.51. The maximum atomic E-state index is 13.5. The van der Waals surface area contributed by atoms with Crippen molar-refractivity contribution in [1.82, 2.24) is 14.7 Å². The van der Waals surface area contributed by atoms with Gasteiger partial charge in [0.1, 0.15) is 19.3 Å². The van der Waals surface area contributed by atoms with Crippen LogP contribution >= 0.6 is 24.0 Å². The summed E-state index contributed by atoms with van der Waals surface area (Å²) >= 11 is 7.17. The van der Waals surface area contributed by atoms with Gasteiger partial charge in [-0.2, -0.15) is 0 Å². The molecular formula is C30H47N3O8S2Si.